The lowest BCUT2D eigenvalue weighted by atomic mass is 10.2. The molecule has 0 saturated carbocycles. The van der Waals surface area contributed by atoms with Crippen molar-refractivity contribution in [1.82, 2.24) is 5.32 Å². The number of benzene rings is 1. The van der Waals surface area contributed by atoms with Gasteiger partial charge in [0.15, 0.2) is 5.76 Å². The first kappa shape index (κ1) is 14.8. The molecular weight excluding hydrogens is 277 g/mol. The van der Waals surface area contributed by atoms with E-state index in [2.05, 4.69) is 5.32 Å². The van der Waals surface area contributed by atoms with Gasteiger partial charge in [-0.1, -0.05) is 0 Å². The average Bonchev–Trinajstić information content (AvgIpc) is 2.88. The van der Waals surface area contributed by atoms with Gasteiger partial charge in [0.1, 0.15) is 11.6 Å². The van der Waals surface area contributed by atoms with Crippen molar-refractivity contribution < 1.29 is 23.5 Å². The van der Waals surface area contributed by atoms with E-state index in [1.165, 1.54) is 18.2 Å². The fourth-order valence-corrected chi connectivity index (χ4v) is 1.84. The third-order valence-corrected chi connectivity index (χ3v) is 2.82. The van der Waals surface area contributed by atoms with E-state index in [0.29, 0.717) is 11.3 Å². The summed E-state index contributed by atoms with van der Waals surface area (Å²) in [6.45, 7) is 1.59. The molecule has 110 valence electrons. The summed E-state index contributed by atoms with van der Waals surface area (Å²) in [5.74, 6) is -1.32. The zero-order valence-electron chi connectivity index (χ0n) is 11.3. The van der Waals surface area contributed by atoms with E-state index < -0.39 is 17.9 Å². The van der Waals surface area contributed by atoms with Gasteiger partial charge in [0.2, 0.25) is 0 Å². The normalized spacial score (nSPS) is 11.9. The molecule has 1 heterocycles. The number of furan rings is 1. The van der Waals surface area contributed by atoms with Crippen LogP contribution in [0.15, 0.2) is 40.8 Å². The van der Waals surface area contributed by atoms with Crippen LogP contribution in [0.5, 0.6) is 0 Å². The van der Waals surface area contributed by atoms with Crippen LogP contribution in [0.4, 0.5) is 4.39 Å². The van der Waals surface area contributed by atoms with Crippen LogP contribution in [-0.2, 0) is 4.79 Å². The third kappa shape index (κ3) is 3.92. The van der Waals surface area contributed by atoms with Gasteiger partial charge in [-0.05, 0) is 43.3 Å². The molecule has 0 aliphatic heterocycles. The number of carbonyl (C=O) groups is 2. The fraction of sp³-hybridized carbons (Fsp3) is 0.200. The van der Waals surface area contributed by atoms with Crippen LogP contribution < -0.4 is 5.32 Å². The molecule has 0 spiro atoms. The Kier molecular flexibility index (Phi) is 4.37. The molecule has 2 aromatic rings. The number of carbonyl (C=O) groups excluding carboxylic acids is 1. The van der Waals surface area contributed by atoms with Crippen LogP contribution in [0.25, 0.3) is 11.3 Å². The van der Waals surface area contributed by atoms with E-state index in [0.717, 1.165) is 0 Å². The molecule has 0 bridgehead atoms. The maximum atomic E-state index is 12.8. The molecule has 21 heavy (non-hydrogen) atoms. The highest BCUT2D eigenvalue weighted by Gasteiger charge is 2.16. The third-order valence-electron chi connectivity index (χ3n) is 2.82. The zero-order chi connectivity index (χ0) is 15.4. The van der Waals surface area contributed by atoms with Crippen LogP contribution in [-0.4, -0.2) is 23.0 Å². The van der Waals surface area contributed by atoms with Crippen molar-refractivity contribution in [1.29, 1.82) is 0 Å². The minimum atomic E-state index is -0.991. The lowest BCUT2D eigenvalue weighted by Gasteiger charge is -2.09. The predicted molar refractivity (Wildman–Crippen MR) is 73.3 cm³/mol. The lowest BCUT2D eigenvalue weighted by Crippen LogP contribution is -2.33. The number of aliphatic carboxylic acids is 1. The Morgan fingerprint density at radius 2 is 1.90 bits per heavy atom. The molecule has 1 aromatic heterocycles. The number of rotatable bonds is 5. The van der Waals surface area contributed by atoms with Crippen molar-refractivity contribution in [3.05, 3.63) is 48.0 Å². The van der Waals surface area contributed by atoms with E-state index in [4.69, 9.17) is 9.52 Å². The molecule has 2 rings (SSSR count). The summed E-state index contributed by atoms with van der Waals surface area (Å²) in [5.41, 5.74) is 0.647. The summed E-state index contributed by atoms with van der Waals surface area (Å²) in [4.78, 5) is 22.4. The van der Waals surface area contributed by atoms with Gasteiger partial charge in [-0.2, -0.15) is 0 Å². The second-order valence-electron chi connectivity index (χ2n) is 4.64. The molecule has 0 radical (unpaired) electrons. The maximum absolute atomic E-state index is 12.8. The number of amides is 1. The summed E-state index contributed by atoms with van der Waals surface area (Å²) in [6, 6.07) is 8.27. The van der Waals surface area contributed by atoms with Crippen molar-refractivity contribution in [2.45, 2.75) is 19.4 Å². The monoisotopic (exact) mass is 291 g/mol. The van der Waals surface area contributed by atoms with Gasteiger partial charge in [0, 0.05) is 11.6 Å². The van der Waals surface area contributed by atoms with Crippen LogP contribution in [0.2, 0.25) is 0 Å². The summed E-state index contributed by atoms with van der Waals surface area (Å²) < 4.78 is 18.2. The summed E-state index contributed by atoms with van der Waals surface area (Å²) in [6.07, 6.45) is -0.169. The quantitative estimate of drug-likeness (QED) is 0.887. The highest BCUT2D eigenvalue weighted by Crippen LogP contribution is 2.22. The van der Waals surface area contributed by atoms with Crippen molar-refractivity contribution in [2.75, 3.05) is 0 Å². The van der Waals surface area contributed by atoms with Gasteiger partial charge in [0.25, 0.3) is 5.91 Å². The van der Waals surface area contributed by atoms with Crippen molar-refractivity contribution in [3.63, 3.8) is 0 Å². The molecule has 1 amide bonds. The van der Waals surface area contributed by atoms with Crippen molar-refractivity contribution in [2.24, 2.45) is 0 Å². The molecule has 0 aliphatic rings. The molecule has 6 heteroatoms. The number of carboxylic acids is 1. The Morgan fingerprint density at radius 1 is 1.24 bits per heavy atom. The molecule has 1 unspecified atom stereocenters. The van der Waals surface area contributed by atoms with E-state index in [1.54, 1.807) is 25.1 Å². The van der Waals surface area contributed by atoms with Crippen LogP contribution in [0, 0.1) is 5.82 Å². The molecular formula is C15H14FNO4. The summed E-state index contributed by atoms with van der Waals surface area (Å²) in [5, 5.41) is 11.2. The molecule has 0 aliphatic carbocycles. The second kappa shape index (κ2) is 6.21. The number of hydrogen-bond acceptors (Lipinski definition) is 3. The Hall–Kier alpha value is -2.63. The Balaban J connectivity index is 2.07. The van der Waals surface area contributed by atoms with Gasteiger partial charge in [-0.3, -0.25) is 9.59 Å². The summed E-state index contributed by atoms with van der Waals surface area (Å²) >= 11 is 0. The first-order valence-electron chi connectivity index (χ1n) is 6.34. The first-order valence-corrected chi connectivity index (χ1v) is 6.34. The predicted octanol–water partition coefficient (Wildman–Crippen LogP) is 2.68. The zero-order valence-corrected chi connectivity index (χ0v) is 11.3. The van der Waals surface area contributed by atoms with Crippen molar-refractivity contribution in [3.8, 4) is 11.3 Å². The van der Waals surface area contributed by atoms with Gasteiger partial charge >= 0.3 is 5.97 Å². The smallest absolute Gasteiger partial charge is 0.305 e. The van der Waals surface area contributed by atoms with E-state index in [-0.39, 0.29) is 18.0 Å². The van der Waals surface area contributed by atoms with E-state index >= 15 is 0 Å². The SMILES string of the molecule is CC(CC(=O)O)NC(=O)c1ccc(-c2ccc(F)cc2)o1. The molecule has 1 aromatic carbocycles. The van der Waals surface area contributed by atoms with Gasteiger partial charge in [0.05, 0.1) is 6.42 Å². The number of carboxylic acid groups (broad SMARTS) is 1. The Morgan fingerprint density at radius 3 is 2.52 bits per heavy atom. The van der Waals surface area contributed by atoms with Crippen LogP contribution in [0.3, 0.4) is 0 Å². The molecule has 0 fully saturated rings. The van der Waals surface area contributed by atoms with Gasteiger partial charge in [-0.25, -0.2) is 4.39 Å². The van der Waals surface area contributed by atoms with Crippen LogP contribution >= 0.6 is 0 Å². The minimum Gasteiger partial charge on any atom is -0.481 e. The highest BCUT2D eigenvalue weighted by molar-refractivity contribution is 5.92. The largest absolute Gasteiger partial charge is 0.481 e. The summed E-state index contributed by atoms with van der Waals surface area (Å²) in [7, 11) is 0. The van der Waals surface area contributed by atoms with Crippen LogP contribution in [0.1, 0.15) is 23.9 Å². The average molecular weight is 291 g/mol. The van der Waals surface area contributed by atoms with Crippen molar-refractivity contribution >= 4 is 11.9 Å². The fourth-order valence-electron chi connectivity index (χ4n) is 1.84. The molecule has 1 atom stereocenters. The first-order chi connectivity index (χ1) is 9.95. The molecule has 2 N–H and O–H groups in total. The Bertz CT molecular complexity index is 648. The number of hydrogen-bond donors (Lipinski definition) is 2. The molecule has 5 nitrogen and oxygen atoms in total. The standard InChI is InChI=1S/C15H14FNO4/c1-9(8-14(18)19)17-15(20)13-7-6-12(21-13)10-2-4-11(16)5-3-10/h2-7,9H,8H2,1H3,(H,17,20)(H,18,19). The van der Waals surface area contributed by atoms with E-state index in [9.17, 15) is 14.0 Å². The highest BCUT2D eigenvalue weighted by atomic mass is 19.1. The van der Waals surface area contributed by atoms with E-state index in [1.807, 2.05) is 0 Å². The molecule has 0 saturated heterocycles. The Labute approximate surface area is 120 Å². The lowest BCUT2D eigenvalue weighted by molar-refractivity contribution is -0.137. The second-order valence-corrected chi connectivity index (χ2v) is 4.64. The van der Waals surface area contributed by atoms with Gasteiger partial charge in [-0.15, -0.1) is 0 Å². The number of halogens is 1. The van der Waals surface area contributed by atoms with Gasteiger partial charge < -0.3 is 14.8 Å². The minimum absolute atomic E-state index is 0.0755. The maximum Gasteiger partial charge on any atom is 0.305 e. The number of nitrogens with one attached hydrogen (secondary N) is 1. The topological polar surface area (TPSA) is 79.5 Å².